The fourth-order valence-corrected chi connectivity index (χ4v) is 1.15. The van der Waals surface area contributed by atoms with E-state index >= 15 is 0 Å². The molecule has 0 spiro atoms. The van der Waals surface area contributed by atoms with E-state index in [2.05, 4.69) is 0 Å². The maximum absolute atomic E-state index is 12.9. The van der Waals surface area contributed by atoms with Crippen LogP contribution in [-0.2, 0) is 0 Å². The summed E-state index contributed by atoms with van der Waals surface area (Å²) in [6.07, 6.45) is 1.79. The lowest BCUT2D eigenvalue weighted by Crippen LogP contribution is -2.41. The third-order valence-corrected chi connectivity index (χ3v) is 1.87. The number of carbonyl (C=O) groups is 1. The van der Waals surface area contributed by atoms with Crippen LogP contribution in [0, 0.1) is 5.82 Å². The van der Waals surface area contributed by atoms with Gasteiger partial charge in [-0.2, -0.15) is 8.96 Å². The van der Waals surface area contributed by atoms with Crippen LogP contribution in [0.25, 0.3) is 0 Å². The maximum atomic E-state index is 12.9. The van der Waals surface area contributed by atoms with E-state index in [0.717, 1.165) is 0 Å². The second kappa shape index (κ2) is 3.61. The smallest absolute Gasteiger partial charge is 0.335 e. The highest BCUT2D eigenvalue weighted by molar-refractivity contribution is 5.92. The van der Waals surface area contributed by atoms with Gasteiger partial charge in [0.25, 0.3) is 5.56 Å². The first kappa shape index (κ1) is 10.1. The Bertz CT molecular complexity index is 638. The van der Waals surface area contributed by atoms with Crippen molar-refractivity contribution in [2.75, 3.05) is 0 Å². The molecule has 2 rings (SSSR count). The lowest BCUT2D eigenvalue weighted by Gasteiger charge is -1.99. The van der Waals surface area contributed by atoms with Crippen LogP contribution in [0.3, 0.4) is 0 Å². The number of halogens is 1. The van der Waals surface area contributed by atoms with Gasteiger partial charge in [0, 0.05) is 6.20 Å². The maximum Gasteiger partial charge on any atom is 0.335 e. The van der Waals surface area contributed by atoms with E-state index in [0.29, 0.717) is 6.20 Å². The van der Waals surface area contributed by atoms with Crippen molar-refractivity contribution in [3.63, 3.8) is 0 Å². The largest absolute Gasteiger partial charge is 0.459 e. The van der Waals surface area contributed by atoms with Crippen LogP contribution < -0.4 is 11.2 Å². The van der Waals surface area contributed by atoms with Gasteiger partial charge in [-0.1, -0.05) is 0 Å². The molecule has 0 aliphatic rings. The number of carbonyl (C=O) groups excluding carboxylic acids is 1. The average molecular weight is 224 g/mol. The fraction of sp³-hybridized carbons (Fsp3) is 0. The number of hydrogen-bond donors (Lipinski definition) is 1. The second-order valence-corrected chi connectivity index (χ2v) is 2.86. The first-order chi connectivity index (χ1) is 7.61. The summed E-state index contributed by atoms with van der Waals surface area (Å²) in [6, 6.07) is 2.67. The minimum Gasteiger partial charge on any atom is -0.459 e. The summed E-state index contributed by atoms with van der Waals surface area (Å²) < 4.78 is 17.7. The van der Waals surface area contributed by atoms with E-state index < -0.39 is 23.0 Å². The van der Waals surface area contributed by atoms with Gasteiger partial charge in [-0.05, 0) is 12.1 Å². The molecule has 2 aromatic heterocycles. The van der Waals surface area contributed by atoms with Crippen molar-refractivity contribution < 1.29 is 13.6 Å². The van der Waals surface area contributed by atoms with Gasteiger partial charge < -0.3 is 9.40 Å². The minimum absolute atomic E-state index is 0.133. The van der Waals surface area contributed by atoms with Gasteiger partial charge >= 0.3 is 11.6 Å². The van der Waals surface area contributed by atoms with Crippen LogP contribution >= 0.6 is 0 Å². The molecule has 0 aromatic carbocycles. The number of aromatic nitrogens is 2. The Balaban J connectivity index is 2.66. The van der Waals surface area contributed by atoms with Crippen molar-refractivity contribution in [2.24, 2.45) is 0 Å². The second-order valence-electron chi connectivity index (χ2n) is 2.86. The van der Waals surface area contributed by atoms with Crippen LogP contribution in [0.5, 0.6) is 0 Å². The van der Waals surface area contributed by atoms with Gasteiger partial charge in [-0.25, -0.2) is 4.79 Å². The zero-order valence-corrected chi connectivity index (χ0v) is 7.77. The van der Waals surface area contributed by atoms with Gasteiger partial charge in [-0.15, -0.1) is 0 Å². The number of furan rings is 1. The number of hydrogen-bond acceptors (Lipinski definition) is 4. The Kier molecular flexibility index (Phi) is 2.28. The molecule has 0 bridgehead atoms. The van der Waals surface area contributed by atoms with Crippen molar-refractivity contribution in [1.82, 2.24) is 9.55 Å². The Morgan fingerprint density at radius 1 is 1.44 bits per heavy atom. The predicted octanol–water partition coefficient (Wildman–Crippen LogP) is -0.0428. The highest BCUT2D eigenvalue weighted by Crippen LogP contribution is 2.00. The quantitative estimate of drug-likeness (QED) is 0.736. The summed E-state index contributed by atoms with van der Waals surface area (Å²) in [5, 5.41) is 0. The Hall–Kier alpha value is -2.44. The van der Waals surface area contributed by atoms with Gasteiger partial charge in [0.2, 0.25) is 5.82 Å². The van der Waals surface area contributed by atoms with Crippen molar-refractivity contribution in [3.05, 3.63) is 57.0 Å². The van der Waals surface area contributed by atoms with Crippen LogP contribution in [0.15, 0.2) is 38.6 Å². The summed E-state index contributed by atoms with van der Waals surface area (Å²) in [7, 11) is 0. The molecule has 0 amide bonds. The molecule has 0 aliphatic heterocycles. The SMILES string of the molecule is O=C(c1ccco1)n1c(=O)[nH]cc(F)c1=O. The molecule has 2 aromatic rings. The summed E-state index contributed by atoms with van der Waals surface area (Å²) in [5.41, 5.74) is -2.34. The highest BCUT2D eigenvalue weighted by atomic mass is 19.1. The normalized spacial score (nSPS) is 10.3. The molecule has 1 N–H and O–H groups in total. The Morgan fingerprint density at radius 2 is 2.19 bits per heavy atom. The Morgan fingerprint density at radius 3 is 2.81 bits per heavy atom. The van der Waals surface area contributed by atoms with Crippen molar-refractivity contribution in [1.29, 1.82) is 0 Å². The first-order valence-electron chi connectivity index (χ1n) is 4.19. The van der Waals surface area contributed by atoms with Crippen molar-refractivity contribution in [2.45, 2.75) is 0 Å². The predicted molar refractivity (Wildman–Crippen MR) is 49.7 cm³/mol. The van der Waals surface area contributed by atoms with Crippen molar-refractivity contribution >= 4 is 5.91 Å². The molecular formula is C9H5FN2O4. The van der Waals surface area contributed by atoms with E-state index in [1.165, 1.54) is 18.4 Å². The molecule has 0 radical (unpaired) electrons. The van der Waals surface area contributed by atoms with Crippen LogP contribution in [0.2, 0.25) is 0 Å². The third kappa shape index (κ3) is 1.48. The number of rotatable bonds is 1. The molecule has 82 valence electrons. The lowest BCUT2D eigenvalue weighted by molar-refractivity contribution is 0.0920. The molecule has 0 aliphatic carbocycles. The molecule has 0 saturated heterocycles. The van der Waals surface area contributed by atoms with Gasteiger partial charge in [-0.3, -0.25) is 9.59 Å². The summed E-state index contributed by atoms with van der Waals surface area (Å²) in [6.45, 7) is 0. The van der Waals surface area contributed by atoms with E-state index in [1.807, 2.05) is 4.98 Å². The van der Waals surface area contributed by atoms with Crippen molar-refractivity contribution in [3.8, 4) is 0 Å². The first-order valence-corrected chi connectivity index (χ1v) is 4.19. The third-order valence-electron chi connectivity index (χ3n) is 1.87. The zero-order valence-electron chi connectivity index (χ0n) is 7.77. The standard InChI is InChI=1S/C9H5FN2O4/c10-5-4-11-9(15)12(7(5)13)8(14)6-2-1-3-16-6/h1-4H,(H,11,15). The zero-order chi connectivity index (χ0) is 11.7. The molecule has 7 heteroatoms. The number of nitrogens with zero attached hydrogens (tertiary/aromatic N) is 1. The number of aromatic amines is 1. The molecule has 0 unspecified atom stereocenters. The molecular weight excluding hydrogens is 219 g/mol. The minimum atomic E-state index is -1.31. The van der Waals surface area contributed by atoms with Gasteiger partial charge in [0.05, 0.1) is 6.26 Å². The number of nitrogens with one attached hydrogen (secondary N) is 1. The molecule has 6 nitrogen and oxygen atoms in total. The molecule has 16 heavy (non-hydrogen) atoms. The average Bonchev–Trinajstić information content (AvgIpc) is 2.77. The monoisotopic (exact) mass is 224 g/mol. The summed E-state index contributed by atoms with van der Waals surface area (Å²) in [4.78, 5) is 35.9. The van der Waals surface area contributed by atoms with E-state index in [4.69, 9.17) is 4.42 Å². The van der Waals surface area contributed by atoms with Crippen LogP contribution in [0.4, 0.5) is 4.39 Å². The van der Waals surface area contributed by atoms with E-state index in [9.17, 15) is 18.8 Å². The lowest BCUT2D eigenvalue weighted by atomic mass is 10.4. The number of H-pyrrole nitrogens is 1. The Labute approximate surface area is 86.9 Å². The van der Waals surface area contributed by atoms with Gasteiger partial charge in [0.1, 0.15) is 0 Å². The topological polar surface area (TPSA) is 85.1 Å². The summed E-state index contributed by atoms with van der Waals surface area (Å²) in [5.74, 6) is -2.46. The van der Waals surface area contributed by atoms with E-state index in [-0.39, 0.29) is 10.3 Å². The molecule has 2 heterocycles. The highest BCUT2D eigenvalue weighted by Gasteiger charge is 2.18. The van der Waals surface area contributed by atoms with E-state index in [1.54, 1.807) is 0 Å². The van der Waals surface area contributed by atoms with Gasteiger partial charge in [0.15, 0.2) is 5.76 Å². The summed E-state index contributed by atoms with van der Waals surface area (Å²) >= 11 is 0. The molecule has 0 atom stereocenters. The molecule has 0 fully saturated rings. The fourth-order valence-electron chi connectivity index (χ4n) is 1.15. The van der Waals surface area contributed by atoms with Crippen LogP contribution in [-0.4, -0.2) is 15.5 Å². The van der Waals surface area contributed by atoms with Crippen LogP contribution in [0.1, 0.15) is 10.6 Å². The molecule has 0 saturated carbocycles.